The second-order valence-corrected chi connectivity index (χ2v) is 6.12. The molecule has 0 aliphatic carbocycles. The predicted octanol–water partition coefficient (Wildman–Crippen LogP) is 2.33. The summed E-state index contributed by atoms with van der Waals surface area (Å²) >= 11 is 0. The Morgan fingerprint density at radius 2 is 1.61 bits per heavy atom. The summed E-state index contributed by atoms with van der Waals surface area (Å²) < 4.78 is 2.28. The summed E-state index contributed by atoms with van der Waals surface area (Å²) in [6, 6.07) is 19.1. The molecule has 3 heterocycles. The normalized spacial score (nSPS) is 15.8. The van der Waals surface area contributed by atoms with Crippen molar-refractivity contribution in [3.63, 3.8) is 0 Å². The topological polar surface area (TPSA) is 11.4 Å². The molecule has 0 spiro atoms. The minimum atomic E-state index is 0.858. The molecule has 5 rings (SSSR count). The van der Waals surface area contributed by atoms with Crippen LogP contribution in [0.1, 0.15) is 0 Å². The zero-order valence-corrected chi connectivity index (χ0v) is 13.0. The van der Waals surface area contributed by atoms with Gasteiger partial charge in [-0.15, -0.1) is 0 Å². The third-order valence-electron chi connectivity index (χ3n) is 4.78. The monoisotopic (exact) mass is 299 g/mol. The van der Waals surface area contributed by atoms with E-state index in [1.54, 1.807) is 0 Å². The van der Waals surface area contributed by atoms with Gasteiger partial charge in [0.15, 0.2) is 0 Å². The van der Waals surface area contributed by atoms with Crippen LogP contribution in [-0.4, -0.2) is 16.1 Å². The van der Waals surface area contributed by atoms with E-state index in [4.69, 9.17) is 0 Å². The highest BCUT2D eigenvalue weighted by Gasteiger charge is 2.22. The average Bonchev–Trinajstić information content (AvgIpc) is 3.14. The van der Waals surface area contributed by atoms with Gasteiger partial charge in [0.05, 0.1) is 17.7 Å². The molecular formula is C20H17N3. The Hall–Kier alpha value is -2.94. The fourth-order valence-corrected chi connectivity index (χ4v) is 3.58. The van der Waals surface area contributed by atoms with Gasteiger partial charge < -0.3 is 14.4 Å². The summed E-state index contributed by atoms with van der Waals surface area (Å²) in [6.07, 6.45) is 6.81. The number of aryl methyl sites for hydroxylation is 1. The smallest absolute Gasteiger partial charge is 0.0990 e. The second kappa shape index (κ2) is 4.53. The van der Waals surface area contributed by atoms with Gasteiger partial charge in [0.2, 0.25) is 0 Å². The van der Waals surface area contributed by atoms with Crippen LogP contribution in [0.2, 0.25) is 0 Å². The molecule has 2 aliphatic heterocycles. The van der Waals surface area contributed by atoms with Crippen molar-refractivity contribution in [2.75, 3.05) is 11.6 Å². The molecule has 0 unspecified atom stereocenters. The third-order valence-corrected chi connectivity index (χ3v) is 4.78. The van der Waals surface area contributed by atoms with E-state index < -0.39 is 0 Å². The van der Waals surface area contributed by atoms with Crippen LogP contribution in [0.3, 0.4) is 0 Å². The van der Waals surface area contributed by atoms with Gasteiger partial charge in [-0.1, -0.05) is 36.4 Å². The molecule has 112 valence electrons. The van der Waals surface area contributed by atoms with Crippen molar-refractivity contribution >= 4 is 28.9 Å². The number of para-hydroxylation sites is 2. The van der Waals surface area contributed by atoms with Crippen molar-refractivity contribution in [3.8, 4) is 0 Å². The molecule has 0 N–H and O–H groups in total. The van der Waals surface area contributed by atoms with Gasteiger partial charge in [-0.2, -0.15) is 0 Å². The largest absolute Gasteiger partial charge is 0.342 e. The maximum absolute atomic E-state index is 2.31. The number of allylic oxidation sites excluding steroid dienone is 1. The highest BCUT2D eigenvalue weighted by molar-refractivity contribution is 5.84. The van der Waals surface area contributed by atoms with E-state index >= 15 is 0 Å². The summed E-state index contributed by atoms with van der Waals surface area (Å²) in [5.74, 6) is 0. The molecule has 0 fully saturated rings. The van der Waals surface area contributed by atoms with Crippen LogP contribution < -0.4 is 15.5 Å². The van der Waals surface area contributed by atoms with E-state index in [0.29, 0.717) is 0 Å². The molecule has 2 aromatic carbocycles. The van der Waals surface area contributed by atoms with E-state index in [2.05, 4.69) is 94.5 Å². The number of nitrogens with zero attached hydrogens (tertiary/aromatic N) is 3. The second-order valence-electron chi connectivity index (χ2n) is 6.12. The van der Waals surface area contributed by atoms with Crippen LogP contribution in [0.15, 0.2) is 66.5 Å². The molecular weight excluding hydrogens is 282 g/mol. The van der Waals surface area contributed by atoms with Crippen molar-refractivity contribution in [3.05, 3.63) is 77.1 Å². The lowest BCUT2D eigenvalue weighted by atomic mass is 10.2. The van der Waals surface area contributed by atoms with Crippen LogP contribution in [0.5, 0.6) is 0 Å². The van der Waals surface area contributed by atoms with Gasteiger partial charge in [-0.05, 0) is 24.3 Å². The summed E-state index contributed by atoms with van der Waals surface area (Å²) in [4.78, 5) is 4.60. The van der Waals surface area contributed by atoms with Gasteiger partial charge in [-0.3, -0.25) is 0 Å². The molecule has 0 radical (unpaired) electrons. The first-order valence-electron chi connectivity index (χ1n) is 7.88. The van der Waals surface area contributed by atoms with Crippen molar-refractivity contribution < 1.29 is 0 Å². The van der Waals surface area contributed by atoms with E-state index in [9.17, 15) is 0 Å². The number of hydrogen-bond acceptors (Lipinski definition) is 2. The van der Waals surface area contributed by atoms with Crippen molar-refractivity contribution in [2.45, 2.75) is 0 Å². The summed E-state index contributed by atoms with van der Waals surface area (Å²) in [6.45, 7) is 0.858. The number of hydrogen-bond donors (Lipinski definition) is 0. The first kappa shape index (κ1) is 12.6. The number of benzene rings is 2. The lowest BCUT2D eigenvalue weighted by molar-refractivity contribution is 0.565. The lowest BCUT2D eigenvalue weighted by Crippen LogP contribution is -2.36. The molecule has 0 bridgehead atoms. The molecule has 1 aromatic heterocycles. The van der Waals surface area contributed by atoms with Crippen molar-refractivity contribution in [1.29, 1.82) is 0 Å². The van der Waals surface area contributed by atoms with E-state index in [1.807, 2.05) is 0 Å². The molecule has 0 atom stereocenters. The van der Waals surface area contributed by atoms with Gasteiger partial charge in [0.25, 0.3) is 0 Å². The first-order valence-corrected chi connectivity index (χ1v) is 7.88. The molecule has 0 saturated carbocycles. The van der Waals surface area contributed by atoms with Crippen LogP contribution in [0, 0.1) is 0 Å². The van der Waals surface area contributed by atoms with Crippen LogP contribution in [0.25, 0.3) is 23.2 Å². The zero-order valence-electron chi connectivity index (χ0n) is 13.0. The van der Waals surface area contributed by atoms with Crippen molar-refractivity contribution in [1.82, 2.24) is 9.47 Å². The lowest BCUT2D eigenvalue weighted by Gasteiger charge is -2.20. The summed E-state index contributed by atoms with van der Waals surface area (Å²) in [5, 5.41) is 3.92. The Morgan fingerprint density at radius 3 is 2.48 bits per heavy atom. The molecule has 2 aliphatic rings. The van der Waals surface area contributed by atoms with Gasteiger partial charge in [0.1, 0.15) is 0 Å². The summed E-state index contributed by atoms with van der Waals surface area (Å²) in [5.41, 5.74) is 3.76. The standard InChI is InChI=1S/C20H17N3/c1-21-19-10-6-5-9-17(19)18-11-16-12-22(14-23(16)13-20(18)21)15-7-3-2-4-8-15/h2-13H,14H2,1H3. The Balaban J connectivity index is 1.70. The Bertz CT molecular complexity index is 1060. The van der Waals surface area contributed by atoms with Crippen LogP contribution in [-0.2, 0) is 7.05 Å². The van der Waals surface area contributed by atoms with Gasteiger partial charge in [-0.25, -0.2) is 0 Å². The average molecular weight is 299 g/mol. The fraction of sp³-hybridized carbons (Fsp3) is 0.100. The van der Waals surface area contributed by atoms with Crippen LogP contribution in [0.4, 0.5) is 5.69 Å². The number of aromatic nitrogens is 1. The van der Waals surface area contributed by atoms with E-state index in [0.717, 1.165) is 6.67 Å². The summed E-state index contributed by atoms with van der Waals surface area (Å²) in [7, 11) is 2.14. The van der Waals surface area contributed by atoms with E-state index in [1.165, 1.54) is 32.9 Å². The van der Waals surface area contributed by atoms with Gasteiger partial charge >= 0.3 is 0 Å². The molecule has 0 amide bonds. The minimum Gasteiger partial charge on any atom is -0.342 e. The SMILES string of the molecule is Cn1c2c(c3ccccc31)=CC1=CN(c3ccccc3)CN1C=2. The quantitative estimate of drug-likeness (QED) is 0.683. The minimum absolute atomic E-state index is 0.858. The molecule has 0 saturated heterocycles. The number of fused-ring (bicyclic) bond motifs is 4. The Kier molecular flexibility index (Phi) is 2.48. The van der Waals surface area contributed by atoms with Crippen molar-refractivity contribution in [2.24, 2.45) is 7.05 Å². The maximum atomic E-state index is 2.31. The van der Waals surface area contributed by atoms with Crippen LogP contribution >= 0.6 is 0 Å². The predicted molar refractivity (Wildman–Crippen MR) is 94.8 cm³/mol. The maximum Gasteiger partial charge on any atom is 0.0990 e. The highest BCUT2D eigenvalue weighted by Crippen LogP contribution is 2.25. The fourth-order valence-electron chi connectivity index (χ4n) is 3.58. The van der Waals surface area contributed by atoms with Gasteiger partial charge in [0, 0.05) is 41.3 Å². The Labute approximate surface area is 134 Å². The van der Waals surface area contributed by atoms with E-state index in [-0.39, 0.29) is 0 Å². The Morgan fingerprint density at radius 1 is 0.826 bits per heavy atom. The molecule has 3 nitrogen and oxygen atoms in total. The number of anilines is 1. The third kappa shape index (κ3) is 1.77. The molecule has 23 heavy (non-hydrogen) atoms. The first-order chi connectivity index (χ1) is 11.3. The highest BCUT2D eigenvalue weighted by atomic mass is 15.4. The molecule has 3 aromatic rings. The molecule has 3 heteroatoms. The zero-order chi connectivity index (χ0) is 15.4. The number of rotatable bonds is 1.